The zero-order valence-corrected chi connectivity index (χ0v) is 12.2. The van der Waals surface area contributed by atoms with Crippen LogP contribution in [0.2, 0.25) is 0 Å². The molecule has 0 aliphatic carbocycles. The molecular formula is C14H16FN3O4. The van der Waals surface area contributed by atoms with Crippen molar-refractivity contribution in [1.82, 2.24) is 0 Å². The van der Waals surface area contributed by atoms with E-state index in [1.807, 2.05) is 0 Å². The number of nitro benzene ring substituents is 1. The molecule has 0 aromatic heterocycles. The average Bonchev–Trinajstić information content (AvgIpc) is 2.46. The molecule has 0 fully saturated rings. The molecule has 7 nitrogen and oxygen atoms in total. The van der Waals surface area contributed by atoms with Crippen LogP contribution in [0.3, 0.4) is 0 Å². The largest absolute Gasteiger partial charge is 0.366 e. The Hall–Kier alpha value is -2.53. The summed E-state index contributed by atoms with van der Waals surface area (Å²) in [5.41, 5.74) is 3.29. The molecule has 0 radical (unpaired) electrons. The van der Waals surface area contributed by atoms with Crippen molar-refractivity contribution in [2.75, 3.05) is 6.61 Å². The van der Waals surface area contributed by atoms with E-state index in [1.54, 1.807) is 13.0 Å². The summed E-state index contributed by atoms with van der Waals surface area (Å²) in [6, 6.07) is 4.95. The molecule has 0 spiro atoms. The van der Waals surface area contributed by atoms with Gasteiger partial charge in [0.05, 0.1) is 4.92 Å². The van der Waals surface area contributed by atoms with E-state index in [0.717, 1.165) is 18.2 Å². The number of primary amides is 1. The molecule has 8 heteroatoms. The SMILES string of the molecule is CC(CCO[C@@](C)(C#N)C(N)=O)c1cc([N+](=O)[O-])ccc1F. The van der Waals surface area contributed by atoms with Gasteiger partial charge in [0.25, 0.3) is 11.6 Å². The van der Waals surface area contributed by atoms with Gasteiger partial charge in [0.15, 0.2) is 0 Å². The van der Waals surface area contributed by atoms with E-state index in [2.05, 4.69) is 0 Å². The Balaban J connectivity index is 2.76. The summed E-state index contributed by atoms with van der Waals surface area (Å²) in [6.45, 7) is 2.89. The van der Waals surface area contributed by atoms with Crippen molar-refractivity contribution in [3.05, 3.63) is 39.7 Å². The van der Waals surface area contributed by atoms with Gasteiger partial charge in [0.2, 0.25) is 5.60 Å². The molecule has 0 bridgehead atoms. The molecule has 1 aromatic rings. The molecule has 0 saturated carbocycles. The van der Waals surface area contributed by atoms with Crippen molar-refractivity contribution in [1.29, 1.82) is 5.26 Å². The molecule has 22 heavy (non-hydrogen) atoms. The molecule has 0 saturated heterocycles. The number of benzene rings is 1. The van der Waals surface area contributed by atoms with Crippen molar-refractivity contribution in [2.45, 2.75) is 31.8 Å². The van der Waals surface area contributed by atoms with Crippen LogP contribution in [0, 0.1) is 27.3 Å². The number of carbonyl (C=O) groups is 1. The lowest BCUT2D eigenvalue weighted by molar-refractivity contribution is -0.385. The molecule has 1 rings (SSSR count). The van der Waals surface area contributed by atoms with Gasteiger partial charge in [0, 0.05) is 18.7 Å². The summed E-state index contributed by atoms with van der Waals surface area (Å²) in [7, 11) is 0. The third-order valence-electron chi connectivity index (χ3n) is 3.35. The molecular weight excluding hydrogens is 293 g/mol. The number of nitrogens with zero attached hydrogens (tertiary/aromatic N) is 2. The predicted molar refractivity (Wildman–Crippen MR) is 75.3 cm³/mol. The quantitative estimate of drug-likeness (QED) is 0.610. The third kappa shape index (κ3) is 3.99. The van der Waals surface area contributed by atoms with Crippen LogP contribution < -0.4 is 5.73 Å². The zero-order valence-electron chi connectivity index (χ0n) is 12.2. The van der Waals surface area contributed by atoms with Gasteiger partial charge in [-0.1, -0.05) is 6.92 Å². The molecule has 1 amide bonds. The normalized spacial score (nSPS) is 14.6. The number of nitriles is 1. The van der Waals surface area contributed by atoms with Crippen LogP contribution in [0.4, 0.5) is 10.1 Å². The standard InChI is InChI=1S/C14H16FN3O4/c1-9(5-6-22-14(2,8-16)13(17)19)11-7-10(18(20)21)3-4-12(11)15/h3-4,7,9H,5-6H2,1-2H3,(H2,17,19)/t9?,14-/m0/s1. The van der Waals surface area contributed by atoms with Gasteiger partial charge in [0.1, 0.15) is 11.9 Å². The predicted octanol–water partition coefficient (Wildman–Crippen LogP) is 2.01. The molecule has 0 aliphatic rings. The lowest BCUT2D eigenvalue weighted by Gasteiger charge is -2.20. The van der Waals surface area contributed by atoms with Crippen molar-refractivity contribution >= 4 is 11.6 Å². The number of halogens is 1. The maximum absolute atomic E-state index is 13.7. The summed E-state index contributed by atoms with van der Waals surface area (Å²) in [6.07, 6.45) is 0.267. The highest BCUT2D eigenvalue weighted by Crippen LogP contribution is 2.26. The molecule has 2 atom stereocenters. The van der Waals surface area contributed by atoms with Gasteiger partial charge in [-0.3, -0.25) is 14.9 Å². The highest BCUT2D eigenvalue weighted by atomic mass is 19.1. The van der Waals surface area contributed by atoms with Crippen LogP contribution in [0.5, 0.6) is 0 Å². The van der Waals surface area contributed by atoms with E-state index in [-0.39, 0.29) is 24.3 Å². The van der Waals surface area contributed by atoms with Gasteiger partial charge < -0.3 is 10.5 Å². The summed E-state index contributed by atoms with van der Waals surface area (Å²) >= 11 is 0. The second-order valence-electron chi connectivity index (χ2n) is 5.01. The minimum atomic E-state index is -1.75. The minimum Gasteiger partial charge on any atom is -0.366 e. The van der Waals surface area contributed by atoms with Crippen LogP contribution in [0.1, 0.15) is 31.7 Å². The fourth-order valence-corrected chi connectivity index (χ4v) is 1.78. The first-order chi connectivity index (χ1) is 10.2. The number of nitrogens with two attached hydrogens (primary N) is 1. The Bertz CT molecular complexity index is 629. The fraction of sp³-hybridized carbons (Fsp3) is 0.429. The van der Waals surface area contributed by atoms with E-state index in [4.69, 9.17) is 15.7 Å². The first-order valence-corrected chi connectivity index (χ1v) is 6.50. The van der Waals surface area contributed by atoms with Gasteiger partial charge in [-0.25, -0.2) is 4.39 Å². The van der Waals surface area contributed by atoms with Crippen LogP contribution in [-0.4, -0.2) is 23.0 Å². The summed E-state index contributed by atoms with van der Waals surface area (Å²) in [5.74, 6) is -1.86. The van der Waals surface area contributed by atoms with E-state index < -0.39 is 28.2 Å². The van der Waals surface area contributed by atoms with Crippen LogP contribution in [0.25, 0.3) is 0 Å². The first kappa shape index (κ1) is 17.5. The third-order valence-corrected chi connectivity index (χ3v) is 3.35. The Labute approximate surface area is 126 Å². The lowest BCUT2D eigenvalue weighted by atomic mass is 9.97. The molecule has 0 aliphatic heterocycles. The van der Waals surface area contributed by atoms with Crippen LogP contribution in [-0.2, 0) is 9.53 Å². The highest BCUT2D eigenvalue weighted by molar-refractivity contribution is 5.86. The second-order valence-corrected chi connectivity index (χ2v) is 5.01. The molecule has 2 N–H and O–H groups in total. The number of rotatable bonds is 7. The fourth-order valence-electron chi connectivity index (χ4n) is 1.78. The summed E-state index contributed by atoms with van der Waals surface area (Å²) < 4.78 is 18.9. The second kappa shape index (κ2) is 6.95. The van der Waals surface area contributed by atoms with Crippen molar-refractivity contribution in [2.24, 2.45) is 5.73 Å². The number of hydrogen-bond donors (Lipinski definition) is 1. The maximum atomic E-state index is 13.7. The van der Waals surface area contributed by atoms with Gasteiger partial charge in [-0.2, -0.15) is 5.26 Å². The van der Waals surface area contributed by atoms with E-state index in [1.165, 1.54) is 6.92 Å². The first-order valence-electron chi connectivity index (χ1n) is 6.50. The van der Waals surface area contributed by atoms with Crippen LogP contribution >= 0.6 is 0 Å². The molecule has 118 valence electrons. The summed E-state index contributed by atoms with van der Waals surface area (Å²) in [5, 5.41) is 19.6. The minimum absolute atomic E-state index is 0.0176. The smallest absolute Gasteiger partial charge is 0.269 e. The molecule has 1 unspecified atom stereocenters. The zero-order chi connectivity index (χ0) is 16.9. The van der Waals surface area contributed by atoms with Crippen molar-refractivity contribution < 1.29 is 18.8 Å². The molecule has 1 aromatic carbocycles. The topological polar surface area (TPSA) is 119 Å². The number of ether oxygens (including phenoxy) is 1. The van der Waals surface area contributed by atoms with E-state index in [9.17, 15) is 19.3 Å². The Morgan fingerprint density at radius 1 is 1.64 bits per heavy atom. The van der Waals surface area contributed by atoms with Crippen molar-refractivity contribution in [3.8, 4) is 6.07 Å². The van der Waals surface area contributed by atoms with Crippen molar-refractivity contribution in [3.63, 3.8) is 0 Å². The van der Waals surface area contributed by atoms with E-state index >= 15 is 0 Å². The monoisotopic (exact) mass is 309 g/mol. The number of amides is 1. The Kier molecular flexibility index (Phi) is 5.54. The average molecular weight is 309 g/mol. The molecule has 0 heterocycles. The van der Waals surface area contributed by atoms with Gasteiger partial charge in [-0.05, 0) is 30.9 Å². The number of non-ortho nitro benzene ring substituents is 1. The number of carbonyl (C=O) groups excluding carboxylic acids is 1. The van der Waals surface area contributed by atoms with Gasteiger partial charge in [-0.15, -0.1) is 0 Å². The highest BCUT2D eigenvalue weighted by Gasteiger charge is 2.32. The Morgan fingerprint density at radius 2 is 2.27 bits per heavy atom. The summed E-state index contributed by atoms with van der Waals surface area (Å²) in [4.78, 5) is 21.2. The number of nitro groups is 1. The van der Waals surface area contributed by atoms with Gasteiger partial charge >= 0.3 is 0 Å². The lowest BCUT2D eigenvalue weighted by Crippen LogP contribution is -2.42. The Morgan fingerprint density at radius 3 is 2.77 bits per heavy atom. The number of hydrogen-bond acceptors (Lipinski definition) is 5. The maximum Gasteiger partial charge on any atom is 0.269 e. The van der Waals surface area contributed by atoms with Crippen LogP contribution in [0.15, 0.2) is 18.2 Å². The van der Waals surface area contributed by atoms with E-state index in [0.29, 0.717) is 0 Å².